The number of hydrogen-bond acceptors (Lipinski definition) is 1. The third kappa shape index (κ3) is 3.45. The number of nitrogens with zero attached hydrogens (tertiary/aromatic N) is 1. The van der Waals surface area contributed by atoms with E-state index in [2.05, 4.69) is 111 Å². The molecule has 23 heavy (non-hydrogen) atoms. The quantitative estimate of drug-likeness (QED) is 0.549. The number of rotatable bonds is 3. The normalized spacial score (nSPS) is 11.3. The summed E-state index contributed by atoms with van der Waals surface area (Å²) in [6.45, 7) is 6.72. The van der Waals surface area contributed by atoms with E-state index in [-0.39, 0.29) is 5.54 Å². The molecule has 0 saturated heterocycles. The lowest BCUT2D eigenvalue weighted by molar-refractivity contribution is 0.560. The first kappa shape index (κ1) is 15.4. The van der Waals surface area contributed by atoms with Crippen LogP contribution in [-0.2, 0) is 0 Å². The fourth-order valence-electron chi connectivity index (χ4n) is 2.93. The Balaban J connectivity index is 1.98. The van der Waals surface area contributed by atoms with Crippen LogP contribution in [0.5, 0.6) is 0 Å². The molecule has 0 aliphatic carbocycles. The van der Waals surface area contributed by atoms with Crippen molar-refractivity contribution in [2.45, 2.75) is 26.3 Å². The summed E-state index contributed by atoms with van der Waals surface area (Å²) in [7, 11) is 0. The maximum Gasteiger partial charge on any atom is 0.0416 e. The molecule has 1 nitrogen and oxygen atoms in total. The summed E-state index contributed by atoms with van der Waals surface area (Å²) < 4.78 is 0. The van der Waals surface area contributed by atoms with Gasteiger partial charge in [0.1, 0.15) is 0 Å². The third-order valence-corrected chi connectivity index (χ3v) is 3.92. The summed E-state index contributed by atoms with van der Waals surface area (Å²) in [6, 6.07) is 29.9. The predicted octanol–water partition coefficient (Wildman–Crippen LogP) is 6.29. The van der Waals surface area contributed by atoms with E-state index in [0.717, 1.165) is 0 Å². The fraction of sp³-hybridized carbons (Fsp3) is 0.182. The van der Waals surface area contributed by atoms with E-state index in [0.29, 0.717) is 0 Å². The van der Waals surface area contributed by atoms with Crippen LogP contribution in [0.25, 0.3) is 11.1 Å². The van der Waals surface area contributed by atoms with E-state index in [9.17, 15) is 0 Å². The summed E-state index contributed by atoms with van der Waals surface area (Å²) in [5.74, 6) is 0. The van der Waals surface area contributed by atoms with Crippen LogP contribution in [0.3, 0.4) is 0 Å². The van der Waals surface area contributed by atoms with E-state index in [4.69, 9.17) is 0 Å². The van der Waals surface area contributed by atoms with Gasteiger partial charge in [0.05, 0.1) is 0 Å². The molecule has 0 aliphatic rings. The molecule has 0 amide bonds. The second-order valence-corrected chi connectivity index (χ2v) is 6.75. The number of benzene rings is 3. The maximum absolute atomic E-state index is 2.38. The zero-order valence-corrected chi connectivity index (χ0v) is 14.0. The Morgan fingerprint density at radius 3 is 1.48 bits per heavy atom. The molecule has 0 heterocycles. The first-order valence-corrected chi connectivity index (χ1v) is 8.06. The molecule has 116 valence electrons. The molecule has 0 spiro atoms. The maximum atomic E-state index is 2.38. The molecule has 3 aromatic carbocycles. The molecular weight excluding hydrogens is 278 g/mol. The molecular formula is C22H23N. The molecule has 3 rings (SSSR count). The Labute approximate surface area is 139 Å². The van der Waals surface area contributed by atoms with Crippen LogP contribution >= 0.6 is 0 Å². The molecule has 3 aromatic rings. The second-order valence-electron chi connectivity index (χ2n) is 6.75. The topological polar surface area (TPSA) is 3.24 Å². The monoisotopic (exact) mass is 301 g/mol. The van der Waals surface area contributed by atoms with Crippen molar-refractivity contribution in [3.8, 4) is 11.1 Å². The second kappa shape index (κ2) is 6.29. The van der Waals surface area contributed by atoms with Gasteiger partial charge in [0, 0.05) is 16.9 Å². The van der Waals surface area contributed by atoms with Gasteiger partial charge in [-0.25, -0.2) is 0 Å². The average molecular weight is 301 g/mol. The van der Waals surface area contributed by atoms with Crippen molar-refractivity contribution < 1.29 is 0 Å². The van der Waals surface area contributed by atoms with Crippen molar-refractivity contribution in [1.82, 2.24) is 0 Å². The number of hydrogen-bond donors (Lipinski definition) is 0. The molecule has 0 aromatic heterocycles. The van der Waals surface area contributed by atoms with Crippen LogP contribution in [-0.4, -0.2) is 5.54 Å². The fourth-order valence-corrected chi connectivity index (χ4v) is 2.93. The van der Waals surface area contributed by atoms with Gasteiger partial charge >= 0.3 is 0 Å². The number of anilines is 2. The minimum absolute atomic E-state index is 0.00954. The van der Waals surface area contributed by atoms with Crippen LogP contribution in [0.2, 0.25) is 0 Å². The zero-order chi connectivity index (χ0) is 16.3. The first-order valence-electron chi connectivity index (χ1n) is 8.06. The summed E-state index contributed by atoms with van der Waals surface area (Å²) in [5.41, 5.74) is 4.93. The van der Waals surface area contributed by atoms with Gasteiger partial charge < -0.3 is 4.90 Å². The Morgan fingerprint density at radius 1 is 0.522 bits per heavy atom. The van der Waals surface area contributed by atoms with E-state index >= 15 is 0 Å². The van der Waals surface area contributed by atoms with Crippen LogP contribution in [0.1, 0.15) is 20.8 Å². The summed E-state index contributed by atoms with van der Waals surface area (Å²) >= 11 is 0. The molecule has 0 radical (unpaired) electrons. The van der Waals surface area contributed by atoms with Crippen molar-refractivity contribution in [3.05, 3.63) is 84.9 Å². The SMILES string of the molecule is CC(C)(C)N(c1ccccc1)c1ccc(-c2ccccc2)cc1. The van der Waals surface area contributed by atoms with Gasteiger partial charge in [-0.05, 0) is 56.2 Å². The van der Waals surface area contributed by atoms with Crippen molar-refractivity contribution in [3.63, 3.8) is 0 Å². The highest BCUT2D eigenvalue weighted by Gasteiger charge is 2.23. The largest absolute Gasteiger partial charge is 0.336 e. The lowest BCUT2D eigenvalue weighted by Crippen LogP contribution is -2.37. The minimum Gasteiger partial charge on any atom is -0.336 e. The van der Waals surface area contributed by atoms with Crippen LogP contribution in [0.15, 0.2) is 84.9 Å². The highest BCUT2D eigenvalue weighted by molar-refractivity contribution is 5.70. The molecule has 0 atom stereocenters. The number of para-hydroxylation sites is 1. The zero-order valence-electron chi connectivity index (χ0n) is 14.0. The molecule has 0 bridgehead atoms. The molecule has 0 N–H and O–H groups in total. The molecule has 0 fully saturated rings. The van der Waals surface area contributed by atoms with Crippen LogP contribution in [0, 0.1) is 0 Å². The van der Waals surface area contributed by atoms with E-state index in [1.54, 1.807) is 0 Å². The van der Waals surface area contributed by atoms with Crippen molar-refractivity contribution in [2.24, 2.45) is 0 Å². The lowest BCUT2D eigenvalue weighted by atomic mass is 10.0. The standard InChI is InChI=1S/C22H23N/c1-22(2,3)23(20-12-8-5-9-13-20)21-16-14-19(15-17-21)18-10-6-4-7-11-18/h4-17H,1-3H3. The Morgan fingerprint density at radius 2 is 0.957 bits per heavy atom. The Bertz CT molecular complexity index is 737. The third-order valence-electron chi connectivity index (χ3n) is 3.92. The van der Waals surface area contributed by atoms with Crippen molar-refractivity contribution in [1.29, 1.82) is 0 Å². The minimum atomic E-state index is 0.00954. The van der Waals surface area contributed by atoms with Crippen molar-refractivity contribution >= 4 is 11.4 Å². The Hall–Kier alpha value is -2.54. The van der Waals surface area contributed by atoms with Gasteiger partial charge in [-0.3, -0.25) is 0 Å². The van der Waals surface area contributed by atoms with Gasteiger partial charge in [0.15, 0.2) is 0 Å². The van der Waals surface area contributed by atoms with Gasteiger partial charge in [-0.2, -0.15) is 0 Å². The highest BCUT2D eigenvalue weighted by atomic mass is 15.2. The molecule has 0 unspecified atom stereocenters. The smallest absolute Gasteiger partial charge is 0.0416 e. The van der Waals surface area contributed by atoms with Gasteiger partial charge in [0.25, 0.3) is 0 Å². The van der Waals surface area contributed by atoms with E-state index in [1.165, 1.54) is 22.5 Å². The van der Waals surface area contributed by atoms with Gasteiger partial charge in [-0.1, -0.05) is 60.7 Å². The average Bonchev–Trinajstić information content (AvgIpc) is 2.56. The Kier molecular flexibility index (Phi) is 4.20. The lowest BCUT2D eigenvalue weighted by Gasteiger charge is -2.38. The van der Waals surface area contributed by atoms with E-state index < -0.39 is 0 Å². The van der Waals surface area contributed by atoms with Crippen LogP contribution < -0.4 is 4.90 Å². The van der Waals surface area contributed by atoms with Crippen LogP contribution in [0.4, 0.5) is 11.4 Å². The first-order chi connectivity index (χ1) is 11.1. The molecule has 0 saturated carbocycles. The summed E-state index contributed by atoms with van der Waals surface area (Å²) in [4.78, 5) is 2.38. The predicted molar refractivity (Wildman–Crippen MR) is 100 cm³/mol. The summed E-state index contributed by atoms with van der Waals surface area (Å²) in [5, 5.41) is 0. The highest BCUT2D eigenvalue weighted by Crippen LogP contribution is 2.34. The molecule has 0 aliphatic heterocycles. The molecule has 1 heteroatoms. The van der Waals surface area contributed by atoms with E-state index in [1.807, 2.05) is 0 Å². The van der Waals surface area contributed by atoms with Gasteiger partial charge in [-0.15, -0.1) is 0 Å². The summed E-state index contributed by atoms with van der Waals surface area (Å²) in [6.07, 6.45) is 0. The van der Waals surface area contributed by atoms with Crippen molar-refractivity contribution in [2.75, 3.05) is 4.90 Å². The van der Waals surface area contributed by atoms with Gasteiger partial charge in [0.2, 0.25) is 0 Å².